The van der Waals surface area contributed by atoms with Crippen molar-refractivity contribution in [3.8, 4) is 6.07 Å². The van der Waals surface area contributed by atoms with Crippen molar-refractivity contribution in [2.75, 3.05) is 5.32 Å². The van der Waals surface area contributed by atoms with E-state index in [0.717, 1.165) is 0 Å². The van der Waals surface area contributed by atoms with E-state index in [0.29, 0.717) is 28.0 Å². The number of anilines is 2. The lowest BCUT2D eigenvalue weighted by atomic mass is 10.2. The summed E-state index contributed by atoms with van der Waals surface area (Å²) >= 11 is 6.11. The van der Waals surface area contributed by atoms with Crippen molar-refractivity contribution in [3.05, 3.63) is 46.1 Å². The maximum absolute atomic E-state index is 13.3. The second-order valence-corrected chi connectivity index (χ2v) is 5.29. The molecule has 0 aliphatic rings. The van der Waals surface area contributed by atoms with Crippen LogP contribution in [0.15, 0.2) is 18.2 Å². The summed E-state index contributed by atoms with van der Waals surface area (Å²) in [5, 5.41) is 12.3. The first kappa shape index (κ1) is 15.2. The van der Waals surface area contributed by atoms with Gasteiger partial charge in [-0.15, -0.1) is 0 Å². The van der Waals surface area contributed by atoms with Crippen LogP contribution in [0.4, 0.5) is 15.9 Å². The summed E-state index contributed by atoms with van der Waals surface area (Å²) in [4.78, 5) is 8.65. The minimum atomic E-state index is -0.552. The normalized spacial score (nSPS) is 10.5. The van der Waals surface area contributed by atoms with Crippen molar-refractivity contribution in [3.63, 3.8) is 0 Å². The van der Waals surface area contributed by atoms with Crippen LogP contribution < -0.4 is 5.32 Å². The molecule has 6 heteroatoms. The summed E-state index contributed by atoms with van der Waals surface area (Å²) in [7, 11) is 0. The second kappa shape index (κ2) is 6.06. The first-order valence-corrected chi connectivity index (χ1v) is 6.81. The molecule has 0 atom stereocenters. The van der Waals surface area contributed by atoms with Gasteiger partial charge in [-0.1, -0.05) is 25.4 Å². The van der Waals surface area contributed by atoms with E-state index in [-0.39, 0.29) is 11.5 Å². The Balaban J connectivity index is 2.42. The van der Waals surface area contributed by atoms with Crippen LogP contribution in [0.2, 0.25) is 5.15 Å². The minimum Gasteiger partial charge on any atom is -0.340 e. The number of rotatable bonds is 3. The third-order valence-corrected chi connectivity index (χ3v) is 3.34. The number of nitrogens with zero attached hydrogens (tertiary/aromatic N) is 3. The highest BCUT2D eigenvalue weighted by atomic mass is 35.5. The van der Waals surface area contributed by atoms with Gasteiger partial charge in [0.05, 0.1) is 5.56 Å². The van der Waals surface area contributed by atoms with Crippen LogP contribution in [0.3, 0.4) is 0 Å². The van der Waals surface area contributed by atoms with Gasteiger partial charge in [-0.2, -0.15) is 5.26 Å². The van der Waals surface area contributed by atoms with E-state index in [2.05, 4.69) is 15.3 Å². The minimum absolute atomic E-state index is 0.0260. The first-order valence-electron chi connectivity index (χ1n) is 6.43. The summed E-state index contributed by atoms with van der Waals surface area (Å²) in [6.45, 7) is 5.73. The highest BCUT2D eigenvalue weighted by Gasteiger charge is 2.12. The Bertz CT molecular complexity index is 722. The number of benzene rings is 1. The Morgan fingerprint density at radius 3 is 2.67 bits per heavy atom. The average molecular weight is 305 g/mol. The number of hydrogen-bond acceptors (Lipinski definition) is 4. The Morgan fingerprint density at radius 2 is 2.05 bits per heavy atom. The zero-order valence-corrected chi connectivity index (χ0v) is 12.7. The predicted octanol–water partition coefficient (Wildman–Crippen LogP) is 4.32. The molecule has 108 valence electrons. The number of halogens is 2. The van der Waals surface area contributed by atoms with Gasteiger partial charge in [0.1, 0.15) is 28.7 Å². The molecule has 0 saturated carbocycles. The summed E-state index contributed by atoms with van der Waals surface area (Å²) in [5.74, 6) is 0.750. The van der Waals surface area contributed by atoms with Gasteiger partial charge in [0.15, 0.2) is 0 Å². The predicted molar refractivity (Wildman–Crippen MR) is 80.3 cm³/mol. The Kier molecular flexibility index (Phi) is 4.39. The molecule has 2 rings (SSSR count). The molecule has 0 unspecified atom stereocenters. The molecule has 0 aliphatic carbocycles. The summed E-state index contributed by atoms with van der Waals surface area (Å²) < 4.78 is 13.3. The highest BCUT2D eigenvalue weighted by Crippen LogP contribution is 2.26. The summed E-state index contributed by atoms with van der Waals surface area (Å²) in [5.41, 5.74) is 1.24. The molecule has 1 N–H and O–H groups in total. The number of nitrogens with one attached hydrogen (secondary N) is 1. The fourth-order valence-corrected chi connectivity index (χ4v) is 1.89. The fourth-order valence-electron chi connectivity index (χ4n) is 1.71. The molecule has 0 fully saturated rings. The van der Waals surface area contributed by atoms with Gasteiger partial charge in [0.25, 0.3) is 0 Å². The molecule has 1 heterocycles. The van der Waals surface area contributed by atoms with Crippen molar-refractivity contribution >= 4 is 23.1 Å². The molecular weight excluding hydrogens is 291 g/mol. The van der Waals surface area contributed by atoms with Gasteiger partial charge >= 0.3 is 0 Å². The summed E-state index contributed by atoms with van der Waals surface area (Å²) in [6.07, 6.45) is 0. The first-order chi connectivity index (χ1) is 9.92. The lowest BCUT2D eigenvalue weighted by Gasteiger charge is -2.13. The SMILES string of the molecule is Cc1c(Cl)nc(C(C)C)nc1Nc1ccc(F)c(C#N)c1. The zero-order chi connectivity index (χ0) is 15.6. The topological polar surface area (TPSA) is 61.6 Å². The molecule has 21 heavy (non-hydrogen) atoms. The number of nitriles is 1. The van der Waals surface area contributed by atoms with Gasteiger partial charge < -0.3 is 5.32 Å². The number of aromatic nitrogens is 2. The van der Waals surface area contributed by atoms with E-state index in [9.17, 15) is 4.39 Å². The van der Waals surface area contributed by atoms with Crippen LogP contribution in [-0.2, 0) is 0 Å². The maximum atomic E-state index is 13.3. The molecule has 1 aromatic heterocycles. The molecule has 0 bridgehead atoms. The van der Waals surface area contributed by atoms with Gasteiger partial charge in [-0.05, 0) is 25.1 Å². The van der Waals surface area contributed by atoms with Crippen molar-refractivity contribution in [1.29, 1.82) is 5.26 Å². The highest BCUT2D eigenvalue weighted by molar-refractivity contribution is 6.30. The van der Waals surface area contributed by atoms with E-state index in [1.165, 1.54) is 12.1 Å². The fraction of sp³-hybridized carbons (Fsp3) is 0.267. The van der Waals surface area contributed by atoms with E-state index >= 15 is 0 Å². The molecule has 2 aromatic rings. The lowest BCUT2D eigenvalue weighted by Crippen LogP contribution is -2.05. The van der Waals surface area contributed by atoms with E-state index in [1.807, 2.05) is 13.8 Å². The Hall–Kier alpha value is -2.19. The van der Waals surface area contributed by atoms with Crippen LogP contribution in [0, 0.1) is 24.1 Å². The third-order valence-electron chi connectivity index (χ3n) is 2.97. The van der Waals surface area contributed by atoms with Crippen molar-refractivity contribution in [2.24, 2.45) is 0 Å². The molecule has 1 aromatic carbocycles. The van der Waals surface area contributed by atoms with E-state index in [1.54, 1.807) is 19.1 Å². The van der Waals surface area contributed by atoms with Crippen LogP contribution in [0.5, 0.6) is 0 Å². The Labute approximate surface area is 127 Å². The van der Waals surface area contributed by atoms with E-state index < -0.39 is 5.82 Å². The van der Waals surface area contributed by atoms with Crippen molar-refractivity contribution in [1.82, 2.24) is 9.97 Å². The molecular formula is C15H14ClFN4. The lowest BCUT2D eigenvalue weighted by molar-refractivity contribution is 0.624. The average Bonchev–Trinajstić information content (AvgIpc) is 2.45. The van der Waals surface area contributed by atoms with Gasteiger partial charge in [-0.25, -0.2) is 14.4 Å². The van der Waals surface area contributed by atoms with Gasteiger partial charge in [0.2, 0.25) is 0 Å². The molecule has 4 nitrogen and oxygen atoms in total. The Morgan fingerprint density at radius 1 is 1.33 bits per heavy atom. The second-order valence-electron chi connectivity index (χ2n) is 4.93. The molecule has 0 spiro atoms. The van der Waals surface area contributed by atoms with Crippen LogP contribution in [0.1, 0.15) is 36.7 Å². The maximum Gasteiger partial charge on any atom is 0.141 e. The van der Waals surface area contributed by atoms with Crippen LogP contribution in [0.25, 0.3) is 0 Å². The van der Waals surface area contributed by atoms with Crippen molar-refractivity contribution in [2.45, 2.75) is 26.7 Å². The smallest absolute Gasteiger partial charge is 0.141 e. The molecule has 0 amide bonds. The van der Waals surface area contributed by atoms with Crippen LogP contribution in [-0.4, -0.2) is 9.97 Å². The van der Waals surface area contributed by atoms with Crippen LogP contribution >= 0.6 is 11.6 Å². The van der Waals surface area contributed by atoms with Crippen molar-refractivity contribution < 1.29 is 4.39 Å². The standard InChI is InChI=1S/C15H14ClFN4/c1-8(2)14-20-13(16)9(3)15(21-14)19-11-4-5-12(17)10(6-11)7-18/h4-6,8H,1-3H3,(H,19,20,21). The summed E-state index contributed by atoms with van der Waals surface area (Å²) in [6, 6.07) is 6.01. The third kappa shape index (κ3) is 3.29. The largest absolute Gasteiger partial charge is 0.340 e. The van der Waals surface area contributed by atoms with E-state index in [4.69, 9.17) is 16.9 Å². The molecule has 0 radical (unpaired) electrons. The number of hydrogen-bond donors (Lipinski definition) is 1. The zero-order valence-electron chi connectivity index (χ0n) is 11.9. The monoisotopic (exact) mass is 304 g/mol. The van der Waals surface area contributed by atoms with Gasteiger partial charge in [-0.3, -0.25) is 0 Å². The molecule has 0 aliphatic heterocycles. The quantitative estimate of drug-likeness (QED) is 0.858. The van der Waals surface area contributed by atoms with Gasteiger partial charge in [0, 0.05) is 17.2 Å². The molecule has 0 saturated heterocycles.